The quantitative estimate of drug-likeness (QED) is 0.335. The fourth-order valence-corrected chi connectivity index (χ4v) is 3.89. The Morgan fingerprint density at radius 3 is 2.71 bits per heavy atom. The van der Waals surface area contributed by atoms with Crippen LogP contribution in [0, 0.1) is 6.92 Å². The minimum Gasteiger partial charge on any atom is -0.493 e. The van der Waals surface area contributed by atoms with Crippen molar-refractivity contribution in [2.75, 3.05) is 32.1 Å². The zero-order chi connectivity index (χ0) is 24.7. The van der Waals surface area contributed by atoms with Crippen molar-refractivity contribution in [1.29, 1.82) is 0 Å². The zero-order valence-corrected chi connectivity index (χ0v) is 21.2. The van der Waals surface area contributed by atoms with Crippen LogP contribution in [0.25, 0.3) is 0 Å². The highest BCUT2D eigenvalue weighted by molar-refractivity contribution is 7.80. The van der Waals surface area contributed by atoms with Crippen LogP contribution in [0.5, 0.6) is 11.5 Å². The maximum atomic E-state index is 12.6. The number of hydrogen-bond acceptors (Lipinski definition) is 6. The number of nitrogens with one attached hydrogen (secondary N) is 2. The van der Waals surface area contributed by atoms with E-state index in [0.29, 0.717) is 34.7 Å². The van der Waals surface area contributed by atoms with Crippen molar-refractivity contribution in [3.8, 4) is 11.5 Å². The Hall–Kier alpha value is -2.88. The first-order valence-corrected chi connectivity index (χ1v) is 11.6. The van der Waals surface area contributed by atoms with Crippen LogP contribution >= 0.6 is 23.8 Å². The lowest BCUT2D eigenvalue weighted by Gasteiger charge is -2.35. The van der Waals surface area contributed by atoms with Crippen molar-refractivity contribution in [2.45, 2.75) is 33.0 Å². The molecule has 2 N–H and O–H groups in total. The molecule has 8 nitrogen and oxygen atoms in total. The average molecular weight is 505 g/mol. The van der Waals surface area contributed by atoms with Gasteiger partial charge >= 0.3 is 0 Å². The molecule has 0 saturated carbocycles. The number of hydrazone groups is 1. The number of nitrogens with zero attached hydrogens (tertiary/aromatic N) is 2. The third-order valence-electron chi connectivity index (χ3n) is 5.21. The topological polar surface area (TPSA) is 84.4 Å². The van der Waals surface area contributed by atoms with Gasteiger partial charge in [-0.25, -0.2) is 0 Å². The fourth-order valence-electron chi connectivity index (χ4n) is 3.55. The summed E-state index contributed by atoms with van der Waals surface area (Å²) in [6.45, 7) is 6.85. The minimum atomic E-state index is -0.0881. The van der Waals surface area contributed by atoms with Crippen molar-refractivity contribution in [3.05, 3.63) is 52.5 Å². The molecule has 0 aromatic heterocycles. The first-order chi connectivity index (χ1) is 16.3. The monoisotopic (exact) mass is 504 g/mol. The Kier molecular flexibility index (Phi) is 9.09. The van der Waals surface area contributed by atoms with Crippen molar-refractivity contribution in [3.63, 3.8) is 0 Å². The van der Waals surface area contributed by atoms with Crippen LogP contribution in [0.2, 0.25) is 5.02 Å². The molecule has 2 aromatic rings. The van der Waals surface area contributed by atoms with E-state index in [9.17, 15) is 4.79 Å². The van der Waals surface area contributed by atoms with Crippen LogP contribution in [0.4, 0.5) is 5.69 Å². The molecule has 182 valence electrons. The van der Waals surface area contributed by atoms with Crippen LogP contribution in [0.3, 0.4) is 0 Å². The number of rotatable bonds is 7. The summed E-state index contributed by atoms with van der Waals surface area (Å²) in [6.07, 6.45) is 1.62. The van der Waals surface area contributed by atoms with Crippen molar-refractivity contribution < 1.29 is 19.0 Å². The Labute approximate surface area is 210 Å². The van der Waals surface area contributed by atoms with E-state index in [1.165, 1.54) is 0 Å². The molecule has 1 amide bonds. The van der Waals surface area contributed by atoms with E-state index in [1.807, 2.05) is 45.0 Å². The molecule has 1 fully saturated rings. The molecule has 0 spiro atoms. The molecule has 3 rings (SSSR count). The highest BCUT2D eigenvalue weighted by Crippen LogP contribution is 2.28. The Morgan fingerprint density at radius 2 is 2.00 bits per heavy atom. The van der Waals surface area contributed by atoms with Gasteiger partial charge in [0.05, 0.1) is 25.5 Å². The van der Waals surface area contributed by atoms with E-state index < -0.39 is 0 Å². The lowest BCUT2D eigenvalue weighted by atomic mass is 10.2. The number of carbonyl (C=O) groups excluding carboxylic acids is 1. The van der Waals surface area contributed by atoms with Crippen LogP contribution in [0.1, 0.15) is 25.0 Å². The van der Waals surface area contributed by atoms with Crippen molar-refractivity contribution in [1.82, 2.24) is 10.3 Å². The van der Waals surface area contributed by atoms with Gasteiger partial charge in [0.2, 0.25) is 0 Å². The molecule has 0 unspecified atom stereocenters. The van der Waals surface area contributed by atoms with E-state index in [0.717, 1.165) is 16.8 Å². The van der Waals surface area contributed by atoms with Gasteiger partial charge in [0.25, 0.3) is 5.91 Å². The molecule has 10 heteroatoms. The highest BCUT2D eigenvalue weighted by Gasteiger charge is 2.26. The smallest absolute Gasteiger partial charge is 0.260 e. The molecule has 0 bridgehead atoms. The number of halogens is 1. The van der Waals surface area contributed by atoms with Gasteiger partial charge in [-0.05, 0) is 74.4 Å². The zero-order valence-electron chi connectivity index (χ0n) is 19.6. The number of benzene rings is 2. The maximum absolute atomic E-state index is 12.6. The lowest BCUT2D eigenvalue weighted by molar-refractivity contribution is -0.145. The van der Waals surface area contributed by atoms with E-state index >= 15 is 0 Å². The Bertz CT molecular complexity index is 1060. The summed E-state index contributed by atoms with van der Waals surface area (Å²) in [6, 6.07) is 10.9. The van der Waals surface area contributed by atoms with Crippen LogP contribution in [0.15, 0.2) is 41.5 Å². The van der Waals surface area contributed by atoms with Crippen LogP contribution in [-0.2, 0) is 9.53 Å². The van der Waals surface area contributed by atoms with E-state index in [-0.39, 0.29) is 24.7 Å². The molecule has 2 atom stereocenters. The summed E-state index contributed by atoms with van der Waals surface area (Å²) in [7, 11) is 1.54. The first kappa shape index (κ1) is 25.7. The molecule has 0 radical (unpaired) electrons. The third-order valence-corrected chi connectivity index (χ3v) is 5.81. The number of hydrogen-bond donors (Lipinski definition) is 2. The largest absolute Gasteiger partial charge is 0.493 e. The van der Waals surface area contributed by atoms with Crippen LogP contribution < -0.4 is 20.2 Å². The van der Waals surface area contributed by atoms with E-state index in [1.54, 1.807) is 30.4 Å². The second kappa shape index (κ2) is 12.0. The summed E-state index contributed by atoms with van der Waals surface area (Å²) in [5, 5.41) is 8.21. The third kappa shape index (κ3) is 7.06. The minimum absolute atomic E-state index is 0.00650. The van der Waals surface area contributed by atoms with Gasteiger partial charge in [-0.2, -0.15) is 5.10 Å². The predicted molar refractivity (Wildman–Crippen MR) is 138 cm³/mol. The standard InChI is InChI=1S/C24H29ClN4O4S/c1-15-12-29(13-16(2)33-15)23(30)14-32-21-9-8-18(10-22(21)31-4)11-26-28-24(34)27-20-7-5-6-19(25)17(20)3/h5-11,15-16H,12-14H2,1-4H3,(H2,27,28,34)/b26-11-/t15-,16-/m1/s1. The first-order valence-electron chi connectivity index (χ1n) is 10.9. The summed E-state index contributed by atoms with van der Waals surface area (Å²) in [5.74, 6) is 0.884. The summed E-state index contributed by atoms with van der Waals surface area (Å²) >= 11 is 11.4. The van der Waals surface area contributed by atoms with E-state index in [2.05, 4.69) is 15.8 Å². The molecule has 1 aliphatic rings. The predicted octanol–water partition coefficient (Wildman–Crippen LogP) is 3.99. The average Bonchev–Trinajstić information content (AvgIpc) is 2.80. The lowest BCUT2D eigenvalue weighted by Crippen LogP contribution is -2.49. The number of morpholine rings is 1. The second-order valence-electron chi connectivity index (χ2n) is 7.99. The molecule has 0 aliphatic carbocycles. The van der Waals surface area contributed by atoms with Gasteiger partial charge < -0.3 is 24.4 Å². The van der Waals surface area contributed by atoms with Gasteiger partial charge in [0.1, 0.15) is 0 Å². The molecule has 1 aliphatic heterocycles. The van der Waals surface area contributed by atoms with Gasteiger partial charge in [0, 0.05) is 23.8 Å². The number of ether oxygens (including phenoxy) is 3. The number of amides is 1. The van der Waals surface area contributed by atoms with Gasteiger partial charge in [0.15, 0.2) is 23.2 Å². The fraction of sp³-hybridized carbons (Fsp3) is 0.375. The SMILES string of the molecule is COc1cc(/C=N\NC(=S)Nc2cccc(Cl)c2C)ccc1OCC(=O)N1C[C@@H](C)O[C@H](C)C1. The maximum Gasteiger partial charge on any atom is 0.260 e. The molecule has 1 saturated heterocycles. The molecule has 2 aromatic carbocycles. The summed E-state index contributed by atoms with van der Waals surface area (Å²) < 4.78 is 16.8. The highest BCUT2D eigenvalue weighted by atomic mass is 35.5. The van der Waals surface area contributed by atoms with Gasteiger partial charge in [-0.15, -0.1) is 0 Å². The second-order valence-corrected chi connectivity index (χ2v) is 8.81. The van der Waals surface area contributed by atoms with E-state index in [4.69, 9.17) is 38.0 Å². The van der Waals surface area contributed by atoms with Gasteiger partial charge in [-0.1, -0.05) is 17.7 Å². The van der Waals surface area contributed by atoms with Gasteiger partial charge in [-0.3, -0.25) is 10.2 Å². The molecular formula is C24H29ClN4O4S. The van der Waals surface area contributed by atoms with Crippen LogP contribution in [-0.4, -0.2) is 61.1 Å². The normalized spacial score (nSPS) is 18.0. The van der Waals surface area contributed by atoms with Crippen molar-refractivity contribution >= 4 is 46.7 Å². The Balaban J connectivity index is 1.54. The molecular weight excluding hydrogens is 476 g/mol. The number of anilines is 1. The molecule has 34 heavy (non-hydrogen) atoms. The molecule has 1 heterocycles. The summed E-state index contributed by atoms with van der Waals surface area (Å²) in [4.78, 5) is 14.3. The number of carbonyl (C=O) groups is 1. The summed E-state index contributed by atoms with van der Waals surface area (Å²) in [5.41, 5.74) is 5.24. The number of thiocarbonyl (C=S) groups is 1. The number of methoxy groups -OCH3 is 1. The van der Waals surface area contributed by atoms with Crippen molar-refractivity contribution in [2.24, 2.45) is 5.10 Å². The Morgan fingerprint density at radius 1 is 1.26 bits per heavy atom.